The minimum absolute atomic E-state index is 0.251. The first-order valence-corrected chi connectivity index (χ1v) is 6.06. The third kappa shape index (κ3) is 2.74. The van der Waals surface area contributed by atoms with Crippen LogP contribution in [0.1, 0.15) is 17.4 Å². The fraction of sp³-hybridized carbons (Fsp3) is 0.133. The van der Waals surface area contributed by atoms with E-state index < -0.39 is 6.09 Å². The lowest BCUT2D eigenvalue weighted by Gasteiger charge is -2.03. The third-order valence-electron chi connectivity index (χ3n) is 2.85. The van der Waals surface area contributed by atoms with Gasteiger partial charge in [-0.05, 0) is 5.56 Å². The molecule has 19 heavy (non-hydrogen) atoms. The minimum Gasteiger partial charge on any atom is -0.443 e. The van der Waals surface area contributed by atoms with Crippen molar-refractivity contribution in [2.75, 3.05) is 0 Å². The van der Waals surface area contributed by atoms with E-state index >= 15 is 0 Å². The van der Waals surface area contributed by atoms with Gasteiger partial charge < -0.3 is 4.74 Å². The second-order valence-corrected chi connectivity index (χ2v) is 4.23. The Hall–Kier alpha value is -2.33. The molecule has 4 heteroatoms. The summed E-state index contributed by atoms with van der Waals surface area (Å²) < 4.78 is 5.17. The number of ether oxygens (including phenoxy) is 1. The molecule has 0 saturated carbocycles. The van der Waals surface area contributed by atoms with Gasteiger partial charge in [0.25, 0.3) is 0 Å². The minimum atomic E-state index is -0.460. The molecule has 0 radical (unpaired) electrons. The highest BCUT2D eigenvalue weighted by atomic mass is 16.9. The van der Waals surface area contributed by atoms with E-state index in [-0.39, 0.29) is 12.8 Å². The van der Waals surface area contributed by atoms with Gasteiger partial charge in [0.2, 0.25) is 6.23 Å². The molecule has 0 aliphatic carbocycles. The predicted molar refractivity (Wildman–Crippen MR) is 68.7 cm³/mol. The maximum absolute atomic E-state index is 11.7. The number of benzene rings is 2. The molecule has 1 unspecified atom stereocenters. The molecule has 0 spiro atoms. The van der Waals surface area contributed by atoms with Crippen LogP contribution in [0.2, 0.25) is 0 Å². The lowest BCUT2D eigenvalue weighted by Crippen LogP contribution is -2.13. The number of amides is 1. The molecule has 3 rings (SSSR count). The first kappa shape index (κ1) is 11.7. The number of carbonyl (C=O) groups excluding carboxylic acids is 1. The van der Waals surface area contributed by atoms with Gasteiger partial charge in [-0.25, -0.2) is 9.63 Å². The van der Waals surface area contributed by atoms with Crippen molar-refractivity contribution in [2.24, 2.45) is 0 Å². The first-order chi connectivity index (χ1) is 9.34. The van der Waals surface area contributed by atoms with Crippen molar-refractivity contribution >= 4 is 6.09 Å². The molecular weight excluding hydrogens is 242 g/mol. The Morgan fingerprint density at radius 2 is 1.68 bits per heavy atom. The van der Waals surface area contributed by atoms with Crippen LogP contribution in [0.15, 0.2) is 60.7 Å². The van der Waals surface area contributed by atoms with E-state index in [4.69, 9.17) is 9.57 Å². The smallest absolute Gasteiger partial charge is 0.437 e. The van der Waals surface area contributed by atoms with Gasteiger partial charge in [0.1, 0.15) is 6.61 Å². The van der Waals surface area contributed by atoms with Crippen molar-refractivity contribution in [3.8, 4) is 0 Å². The molecule has 2 aromatic rings. The van der Waals surface area contributed by atoms with E-state index in [0.717, 1.165) is 11.1 Å². The maximum Gasteiger partial charge on any atom is 0.437 e. The monoisotopic (exact) mass is 255 g/mol. The van der Waals surface area contributed by atoms with Crippen LogP contribution < -0.4 is 0 Å². The summed E-state index contributed by atoms with van der Waals surface area (Å²) in [5, 5.41) is 1.23. The summed E-state index contributed by atoms with van der Waals surface area (Å²) in [7, 11) is 0. The van der Waals surface area contributed by atoms with Gasteiger partial charge in [-0.3, -0.25) is 0 Å². The topological polar surface area (TPSA) is 41.8 Å². The van der Waals surface area contributed by atoms with Gasteiger partial charge in [-0.15, -0.1) is 5.06 Å². The highest BCUT2D eigenvalue weighted by Crippen LogP contribution is 2.37. The molecule has 1 fully saturated rings. The molecule has 0 aromatic heterocycles. The molecule has 0 N–H and O–H groups in total. The van der Waals surface area contributed by atoms with E-state index in [1.807, 2.05) is 60.7 Å². The van der Waals surface area contributed by atoms with Crippen LogP contribution in [0.4, 0.5) is 4.79 Å². The standard InChI is InChI=1S/C15H13NO3/c17-15(18-11-12-7-3-1-4-8-12)16-14(19-16)13-9-5-2-6-10-13/h1-10,14H,11H2. The second kappa shape index (κ2) is 5.12. The van der Waals surface area contributed by atoms with E-state index in [9.17, 15) is 4.79 Å². The fourth-order valence-electron chi connectivity index (χ4n) is 1.82. The largest absolute Gasteiger partial charge is 0.443 e. The van der Waals surface area contributed by atoms with Crippen LogP contribution in [0.3, 0.4) is 0 Å². The average Bonchev–Trinajstić information content (AvgIpc) is 3.27. The molecule has 1 amide bonds. The van der Waals surface area contributed by atoms with E-state index in [0.29, 0.717) is 0 Å². The van der Waals surface area contributed by atoms with Gasteiger partial charge in [-0.2, -0.15) is 0 Å². The average molecular weight is 255 g/mol. The quantitative estimate of drug-likeness (QED) is 0.790. The molecule has 1 aliphatic rings. The van der Waals surface area contributed by atoms with Crippen LogP contribution >= 0.6 is 0 Å². The van der Waals surface area contributed by atoms with E-state index in [2.05, 4.69) is 0 Å². The molecule has 0 bridgehead atoms. The SMILES string of the molecule is O=C(OCc1ccccc1)N1OC1c1ccccc1. The first-order valence-electron chi connectivity index (χ1n) is 6.06. The van der Waals surface area contributed by atoms with Crippen molar-refractivity contribution in [1.82, 2.24) is 5.06 Å². The summed E-state index contributed by atoms with van der Waals surface area (Å²) in [4.78, 5) is 17.0. The Kier molecular flexibility index (Phi) is 3.16. The molecule has 1 heterocycles. The van der Waals surface area contributed by atoms with Gasteiger partial charge >= 0.3 is 6.09 Å². The van der Waals surface area contributed by atoms with Crippen molar-refractivity contribution in [2.45, 2.75) is 12.8 Å². The summed E-state index contributed by atoms with van der Waals surface area (Å²) in [6.07, 6.45) is -0.776. The van der Waals surface area contributed by atoms with Crippen LogP contribution in [-0.4, -0.2) is 11.2 Å². The Balaban J connectivity index is 1.53. The summed E-state index contributed by atoms with van der Waals surface area (Å²) in [5.74, 6) is 0. The number of rotatable bonds is 3. The Morgan fingerprint density at radius 3 is 2.37 bits per heavy atom. The second-order valence-electron chi connectivity index (χ2n) is 4.23. The summed E-state index contributed by atoms with van der Waals surface area (Å²) >= 11 is 0. The van der Waals surface area contributed by atoms with Gasteiger partial charge in [0.05, 0.1) is 0 Å². The highest BCUT2D eigenvalue weighted by Gasteiger charge is 2.43. The van der Waals surface area contributed by atoms with Gasteiger partial charge in [-0.1, -0.05) is 60.7 Å². The Bertz CT molecular complexity index is 556. The van der Waals surface area contributed by atoms with Crippen molar-refractivity contribution in [1.29, 1.82) is 0 Å². The van der Waals surface area contributed by atoms with Crippen molar-refractivity contribution < 1.29 is 14.4 Å². The zero-order valence-electron chi connectivity index (χ0n) is 10.2. The van der Waals surface area contributed by atoms with Crippen molar-refractivity contribution in [3.63, 3.8) is 0 Å². The Morgan fingerprint density at radius 1 is 1.05 bits per heavy atom. The van der Waals surface area contributed by atoms with Gasteiger partial charge in [0, 0.05) is 5.56 Å². The number of hydroxylamine groups is 2. The normalized spacial score (nSPS) is 17.1. The molecule has 1 aliphatic heterocycles. The number of nitrogens with zero attached hydrogens (tertiary/aromatic N) is 1. The van der Waals surface area contributed by atoms with Crippen LogP contribution in [0.25, 0.3) is 0 Å². The fourth-order valence-corrected chi connectivity index (χ4v) is 1.82. The van der Waals surface area contributed by atoms with E-state index in [1.54, 1.807) is 0 Å². The highest BCUT2D eigenvalue weighted by molar-refractivity contribution is 5.68. The molecule has 2 aromatic carbocycles. The van der Waals surface area contributed by atoms with Crippen LogP contribution in [0.5, 0.6) is 0 Å². The number of hydrogen-bond acceptors (Lipinski definition) is 3. The Labute approximate surface area is 111 Å². The zero-order valence-corrected chi connectivity index (χ0v) is 10.2. The summed E-state index contributed by atoms with van der Waals surface area (Å²) in [6, 6.07) is 19.1. The summed E-state index contributed by atoms with van der Waals surface area (Å²) in [5.41, 5.74) is 1.90. The molecule has 96 valence electrons. The van der Waals surface area contributed by atoms with E-state index in [1.165, 1.54) is 5.06 Å². The third-order valence-corrected chi connectivity index (χ3v) is 2.85. The van der Waals surface area contributed by atoms with Crippen LogP contribution in [0, 0.1) is 0 Å². The molecule has 1 saturated heterocycles. The molecular formula is C15H13NO3. The summed E-state index contributed by atoms with van der Waals surface area (Å²) in [6.45, 7) is 0.251. The van der Waals surface area contributed by atoms with Crippen molar-refractivity contribution in [3.05, 3.63) is 71.8 Å². The lowest BCUT2D eigenvalue weighted by molar-refractivity contribution is 0.0867. The lowest BCUT2D eigenvalue weighted by atomic mass is 10.2. The zero-order chi connectivity index (χ0) is 13.1. The maximum atomic E-state index is 11.7. The molecule has 1 atom stereocenters. The number of carbonyl (C=O) groups is 1. The van der Waals surface area contributed by atoms with Gasteiger partial charge in [0.15, 0.2) is 0 Å². The predicted octanol–water partition coefficient (Wildman–Crippen LogP) is 3.27. The number of hydrogen-bond donors (Lipinski definition) is 0. The molecule has 4 nitrogen and oxygen atoms in total. The van der Waals surface area contributed by atoms with Crippen LogP contribution in [-0.2, 0) is 16.2 Å².